The van der Waals surface area contributed by atoms with E-state index >= 15 is 0 Å². The molecule has 0 aliphatic heterocycles. The van der Waals surface area contributed by atoms with Crippen molar-refractivity contribution in [1.29, 1.82) is 5.26 Å². The smallest absolute Gasteiger partial charge is 0.349 e. The number of carbonyl (C=O) groups is 2. The largest absolute Gasteiger partial charge is 0.435 e. The number of benzene rings is 2. The number of rotatable bonds is 6. The van der Waals surface area contributed by atoms with Gasteiger partial charge in [0.15, 0.2) is 5.69 Å². The second-order valence-corrected chi connectivity index (χ2v) is 9.14. The molecule has 12 heteroatoms. The van der Waals surface area contributed by atoms with Gasteiger partial charge < -0.3 is 10.6 Å². The first-order valence-corrected chi connectivity index (χ1v) is 11.5. The third kappa shape index (κ3) is 5.32. The summed E-state index contributed by atoms with van der Waals surface area (Å²) in [6, 6.07) is 10.7. The molecule has 0 saturated heterocycles. The van der Waals surface area contributed by atoms with E-state index < -0.39 is 29.4 Å². The first kappa shape index (κ1) is 25.5. The van der Waals surface area contributed by atoms with E-state index in [4.69, 9.17) is 23.2 Å². The molecule has 1 aromatic heterocycles. The van der Waals surface area contributed by atoms with Crippen LogP contribution >= 0.6 is 23.2 Å². The van der Waals surface area contributed by atoms with Crippen LogP contribution in [0.25, 0.3) is 5.69 Å². The van der Waals surface area contributed by atoms with Crippen LogP contribution in [0, 0.1) is 17.2 Å². The number of aromatic nitrogens is 2. The Morgan fingerprint density at radius 1 is 1.14 bits per heavy atom. The summed E-state index contributed by atoms with van der Waals surface area (Å²) < 4.78 is 41.1. The quantitative estimate of drug-likeness (QED) is 0.413. The Labute approximate surface area is 213 Å². The van der Waals surface area contributed by atoms with E-state index in [-0.39, 0.29) is 38.6 Å². The molecular weight excluding hydrogens is 518 g/mol. The Hall–Kier alpha value is -3.55. The van der Waals surface area contributed by atoms with Crippen molar-refractivity contribution in [2.24, 2.45) is 5.92 Å². The molecule has 2 amide bonds. The number of para-hydroxylation sites is 1. The summed E-state index contributed by atoms with van der Waals surface area (Å²) >= 11 is 12.4. The molecule has 2 N–H and O–H groups in total. The van der Waals surface area contributed by atoms with Crippen LogP contribution in [-0.4, -0.2) is 27.6 Å². The highest BCUT2D eigenvalue weighted by Crippen LogP contribution is 2.34. The highest BCUT2D eigenvalue weighted by Gasteiger charge is 2.37. The van der Waals surface area contributed by atoms with Gasteiger partial charge in [-0.1, -0.05) is 35.3 Å². The molecule has 4 rings (SSSR count). The summed E-state index contributed by atoms with van der Waals surface area (Å²) in [5.74, 6) is -1.28. The number of halogens is 5. The maximum atomic E-state index is 13.5. The van der Waals surface area contributed by atoms with E-state index in [0.717, 1.165) is 17.5 Å². The standard InChI is InChI=1S/C24H18Cl2F3N5O2/c1-12(14-6-7-14)31-22(35)15-8-13(11-30)9-17(26)21(15)32-23(36)19-10-20(24(27,28)29)33-34(19)18-5-3-2-4-16(18)25/h2-5,8-10,12,14H,6-7H2,1H3,(H,31,35)(H,32,36). The summed E-state index contributed by atoms with van der Waals surface area (Å²) in [5, 5.41) is 18.0. The predicted molar refractivity (Wildman–Crippen MR) is 127 cm³/mol. The first-order chi connectivity index (χ1) is 17.0. The van der Waals surface area contributed by atoms with Crippen molar-refractivity contribution < 1.29 is 22.8 Å². The topological polar surface area (TPSA) is 99.8 Å². The summed E-state index contributed by atoms with van der Waals surface area (Å²) in [6.45, 7) is 1.84. The van der Waals surface area contributed by atoms with Crippen molar-refractivity contribution in [1.82, 2.24) is 15.1 Å². The Morgan fingerprint density at radius 2 is 1.83 bits per heavy atom. The minimum absolute atomic E-state index is 0.0435. The Morgan fingerprint density at radius 3 is 2.44 bits per heavy atom. The maximum Gasteiger partial charge on any atom is 0.435 e. The van der Waals surface area contributed by atoms with Crippen LogP contribution in [0.15, 0.2) is 42.5 Å². The number of hydrogen-bond acceptors (Lipinski definition) is 4. The fourth-order valence-corrected chi connectivity index (χ4v) is 4.12. The SMILES string of the molecule is CC(NC(=O)c1cc(C#N)cc(Cl)c1NC(=O)c1cc(C(F)(F)F)nn1-c1ccccc1Cl)C1CC1. The molecular formula is C24H18Cl2F3N5O2. The van der Waals surface area contributed by atoms with Crippen LogP contribution in [0.3, 0.4) is 0 Å². The maximum absolute atomic E-state index is 13.5. The molecule has 0 spiro atoms. The molecule has 3 aromatic rings. The Bertz CT molecular complexity index is 1390. The lowest BCUT2D eigenvalue weighted by molar-refractivity contribution is -0.141. The predicted octanol–water partition coefficient (Wildman–Crippen LogP) is 5.85. The molecule has 36 heavy (non-hydrogen) atoms. The summed E-state index contributed by atoms with van der Waals surface area (Å²) in [4.78, 5) is 26.2. The number of alkyl halides is 3. The van der Waals surface area contributed by atoms with E-state index in [0.29, 0.717) is 12.0 Å². The monoisotopic (exact) mass is 535 g/mol. The van der Waals surface area contributed by atoms with Gasteiger partial charge in [0.2, 0.25) is 0 Å². The zero-order valence-corrected chi connectivity index (χ0v) is 20.2. The number of hydrogen-bond donors (Lipinski definition) is 2. The molecule has 1 atom stereocenters. The van der Waals surface area contributed by atoms with Gasteiger partial charge in [-0.05, 0) is 49.9 Å². The number of amides is 2. The number of carbonyl (C=O) groups excluding carboxylic acids is 2. The number of anilines is 1. The third-order valence-corrected chi connectivity index (χ3v) is 6.32. The van der Waals surface area contributed by atoms with Gasteiger partial charge in [0.1, 0.15) is 5.69 Å². The van der Waals surface area contributed by atoms with Gasteiger partial charge in [0, 0.05) is 12.1 Å². The third-order valence-electron chi connectivity index (χ3n) is 5.70. The van der Waals surface area contributed by atoms with E-state index in [9.17, 15) is 28.0 Å². The van der Waals surface area contributed by atoms with Gasteiger partial charge in [0.25, 0.3) is 11.8 Å². The fraction of sp³-hybridized carbons (Fsp3) is 0.250. The van der Waals surface area contributed by atoms with Gasteiger partial charge in [-0.25, -0.2) is 4.68 Å². The zero-order valence-electron chi connectivity index (χ0n) is 18.7. The lowest BCUT2D eigenvalue weighted by Gasteiger charge is -2.17. The van der Waals surface area contributed by atoms with Crippen molar-refractivity contribution in [2.45, 2.75) is 32.0 Å². The Kier molecular flexibility index (Phi) is 6.98. The van der Waals surface area contributed by atoms with E-state index in [1.54, 1.807) is 6.07 Å². The summed E-state index contributed by atoms with van der Waals surface area (Å²) in [7, 11) is 0. The van der Waals surface area contributed by atoms with Gasteiger partial charge in [-0.2, -0.15) is 23.5 Å². The van der Waals surface area contributed by atoms with Gasteiger partial charge in [0.05, 0.1) is 38.6 Å². The lowest BCUT2D eigenvalue weighted by atomic mass is 10.1. The van der Waals surface area contributed by atoms with Gasteiger partial charge >= 0.3 is 6.18 Å². The normalized spacial score (nSPS) is 14.1. The number of nitrogens with zero attached hydrogens (tertiary/aromatic N) is 3. The molecule has 1 aliphatic rings. The van der Waals surface area contributed by atoms with Crippen LogP contribution in [-0.2, 0) is 6.18 Å². The lowest BCUT2D eigenvalue weighted by Crippen LogP contribution is -2.34. The molecule has 7 nitrogen and oxygen atoms in total. The van der Waals surface area contributed by atoms with Crippen LogP contribution in [0.4, 0.5) is 18.9 Å². The Balaban J connectivity index is 1.75. The zero-order chi connectivity index (χ0) is 26.2. The van der Waals surface area contributed by atoms with Crippen LogP contribution < -0.4 is 10.6 Å². The average Bonchev–Trinajstić information content (AvgIpc) is 3.57. The van der Waals surface area contributed by atoms with Crippen molar-refractivity contribution in [3.8, 4) is 11.8 Å². The number of nitrogens with one attached hydrogen (secondary N) is 2. The van der Waals surface area contributed by atoms with Gasteiger partial charge in [-0.3, -0.25) is 9.59 Å². The van der Waals surface area contributed by atoms with E-state index in [2.05, 4.69) is 15.7 Å². The van der Waals surface area contributed by atoms with Gasteiger partial charge in [-0.15, -0.1) is 0 Å². The molecule has 1 heterocycles. The van der Waals surface area contributed by atoms with Crippen molar-refractivity contribution >= 4 is 40.7 Å². The number of nitriles is 1. The molecule has 186 valence electrons. The second-order valence-electron chi connectivity index (χ2n) is 8.32. The van der Waals surface area contributed by atoms with E-state index in [1.807, 2.05) is 13.0 Å². The molecule has 1 saturated carbocycles. The van der Waals surface area contributed by atoms with Crippen molar-refractivity contribution in [2.75, 3.05) is 5.32 Å². The molecule has 0 bridgehead atoms. The minimum atomic E-state index is -4.84. The van der Waals surface area contributed by atoms with Crippen LogP contribution in [0.5, 0.6) is 0 Å². The van der Waals surface area contributed by atoms with Crippen LogP contribution in [0.1, 0.15) is 51.9 Å². The van der Waals surface area contributed by atoms with Crippen molar-refractivity contribution in [3.05, 3.63) is 75.0 Å². The fourth-order valence-electron chi connectivity index (χ4n) is 3.64. The first-order valence-electron chi connectivity index (χ1n) is 10.8. The highest BCUT2D eigenvalue weighted by molar-refractivity contribution is 6.35. The second kappa shape index (κ2) is 9.84. The molecule has 0 radical (unpaired) electrons. The van der Waals surface area contributed by atoms with E-state index in [1.165, 1.54) is 30.3 Å². The molecule has 2 aromatic carbocycles. The van der Waals surface area contributed by atoms with Crippen LogP contribution in [0.2, 0.25) is 10.0 Å². The minimum Gasteiger partial charge on any atom is -0.349 e. The molecule has 1 unspecified atom stereocenters. The van der Waals surface area contributed by atoms with Crippen molar-refractivity contribution in [3.63, 3.8) is 0 Å². The summed E-state index contributed by atoms with van der Waals surface area (Å²) in [5.41, 5.74) is -1.94. The summed E-state index contributed by atoms with van der Waals surface area (Å²) in [6.07, 6.45) is -2.90. The highest BCUT2D eigenvalue weighted by atomic mass is 35.5. The average molecular weight is 536 g/mol. The molecule has 1 fully saturated rings. The molecule has 1 aliphatic carbocycles.